The molecular weight excluding hydrogens is 220 g/mol. The van der Waals surface area contributed by atoms with Crippen molar-refractivity contribution < 1.29 is 4.79 Å². The number of aryl methyl sites for hydroxylation is 3. The minimum absolute atomic E-state index is 0.130. The fourth-order valence-electron chi connectivity index (χ4n) is 2.26. The first kappa shape index (κ1) is 12.6. The van der Waals surface area contributed by atoms with E-state index in [1.165, 1.54) is 5.56 Å². The first-order valence-electron chi connectivity index (χ1n) is 6.33. The molecule has 0 saturated heterocycles. The van der Waals surface area contributed by atoms with Crippen LogP contribution in [0.25, 0.3) is 0 Å². The predicted octanol–water partition coefficient (Wildman–Crippen LogP) is 4.10. The predicted molar refractivity (Wildman–Crippen MR) is 75.2 cm³/mol. The molecule has 0 N–H and O–H groups in total. The molecule has 92 valence electrons. The van der Waals surface area contributed by atoms with Gasteiger partial charge in [0.1, 0.15) is 0 Å². The highest BCUT2D eigenvalue weighted by Gasteiger charge is 2.14. The third kappa shape index (κ3) is 2.35. The maximum Gasteiger partial charge on any atom is 0.193 e. The van der Waals surface area contributed by atoms with Crippen LogP contribution in [0.15, 0.2) is 42.5 Å². The van der Waals surface area contributed by atoms with Crippen molar-refractivity contribution in [2.24, 2.45) is 0 Å². The lowest BCUT2D eigenvalue weighted by atomic mass is 9.94. The van der Waals surface area contributed by atoms with Crippen LogP contribution in [0.3, 0.4) is 0 Å². The van der Waals surface area contributed by atoms with Gasteiger partial charge in [0.05, 0.1) is 0 Å². The normalized spacial score (nSPS) is 10.4. The van der Waals surface area contributed by atoms with E-state index in [-0.39, 0.29) is 5.78 Å². The Morgan fingerprint density at radius 2 is 1.72 bits per heavy atom. The van der Waals surface area contributed by atoms with Crippen molar-refractivity contribution in [1.82, 2.24) is 0 Å². The maximum absolute atomic E-state index is 12.6. The molecule has 0 aromatic heterocycles. The van der Waals surface area contributed by atoms with Gasteiger partial charge in [-0.25, -0.2) is 0 Å². The van der Waals surface area contributed by atoms with E-state index in [4.69, 9.17) is 0 Å². The minimum Gasteiger partial charge on any atom is -0.289 e. The SMILES string of the molecule is CCc1ccccc1C(=O)c1ccc(C)cc1C. The topological polar surface area (TPSA) is 17.1 Å². The summed E-state index contributed by atoms with van der Waals surface area (Å²) in [5, 5.41) is 0. The Bertz CT molecular complexity index is 582. The summed E-state index contributed by atoms with van der Waals surface area (Å²) in [6.45, 7) is 6.12. The molecule has 0 saturated carbocycles. The highest BCUT2D eigenvalue weighted by molar-refractivity contribution is 6.10. The lowest BCUT2D eigenvalue weighted by molar-refractivity contribution is 0.103. The Labute approximate surface area is 108 Å². The summed E-state index contributed by atoms with van der Waals surface area (Å²) in [5.74, 6) is 0.130. The van der Waals surface area contributed by atoms with Crippen LogP contribution in [-0.4, -0.2) is 5.78 Å². The molecule has 1 nitrogen and oxygen atoms in total. The van der Waals surface area contributed by atoms with E-state index >= 15 is 0 Å². The summed E-state index contributed by atoms with van der Waals surface area (Å²) in [4.78, 5) is 12.6. The second kappa shape index (κ2) is 5.18. The zero-order chi connectivity index (χ0) is 13.1. The third-order valence-corrected chi connectivity index (χ3v) is 3.27. The number of rotatable bonds is 3. The zero-order valence-electron chi connectivity index (χ0n) is 11.2. The smallest absolute Gasteiger partial charge is 0.193 e. The summed E-state index contributed by atoms with van der Waals surface area (Å²) in [6.07, 6.45) is 0.882. The van der Waals surface area contributed by atoms with Gasteiger partial charge in [0, 0.05) is 11.1 Å². The quantitative estimate of drug-likeness (QED) is 0.736. The van der Waals surface area contributed by atoms with Gasteiger partial charge in [-0.15, -0.1) is 0 Å². The monoisotopic (exact) mass is 238 g/mol. The van der Waals surface area contributed by atoms with E-state index in [0.717, 1.165) is 28.7 Å². The number of hydrogen-bond acceptors (Lipinski definition) is 1. The van der Waals surface area contributed by atoms with Crippen LogP contribution < -0.4 is 0 Å². The third-order valence-electron chi connectivity index (χ3n) is 3.27. The largest absolute Gasteiger partial charge is 0.289 e. The molecule has 0 amide bonds. The van der Waals surface area contributed by atoms with Gasteiger partial charge < -0.3 is 0 Å². The van der Waals surface area contributed by atoms with Gasteiger partial charge in [-0.05, 0) is 31.4 Å². The Morgan fingerprint density at radius 3 is 2.39 bits per heavy atom. The Balaban J connectivity index is 2.48. The number of carbonyl (C=O) groups is 1. The zero-order valence-corrected chi connectivity index (χ0v) is 11.2. The van der Waals surface area contributed by atoms with Gasteiger partial charge >= 0.3 is 0 Å². The molecule has 0 bridgehead atoms. The van der Waals surface area contributed by atoms with Crippen LogP contribution in [0.4, 0.5) is 0 Å². The van der Waals surface area contributed by atoms with Crippen molar-refractivity contribution in [2.75, 3.05) is 0 Å². The van der Waals surface area contributed by atoms with Gasteiger partial charge in [0.15, 0.2) is 5.78 Å². The van der Waals surface area contributed by atoms with Gasteiger partial charge in [-0.2, -0.15) is 0 Å². The van der Waals surface area contributed by atoms with Crippen LogP contribution >= 0.6 is 0 Å². The van der Waals surface area contributed by atoms with Crippen LogP contribution in [0.5, 0.6) is 0 Å². The molecule has 0 unspecified atom stereocenters. The first-order valence-corrected chi connectivity index (χ1v) is 6.33. The van der Waals surface area contributed by atoms with Crippen molar-refractivity contribution >= 4 is 5.78 Å². The molecule has 18 heavy (non-hydrogen) atoms. The standard InChI is InChI=1S/C17H18O/c1-4-14-7-5-6-8-16(14)17(18)15-10-9-12(2)11-13(15)3/h5-11H,4H2,1-3H3. The molecule has 2 aromatic carbocycles. The fourth-order valence-corrected chi connectivity index (χ4v) is 2.26. The Morgan fingerprint density at radius 1 is 1.00 bits per heavy atom. The highest BCUT2D eigenvalue weighted by Crippen LogP contribution is 2.18. The fraction of sp³-hybridized carbons (Fsp3) is 0.235. The van der Waals surface area contributed by atoms with E-state index in [2.05, 4.69) is 13.0 Å². The minimum atomic E-state index is 0.130. The summed E-state index contributed by atoms with van der Waals surface area (Å²) in [7, 11) is 0. The second-order valence-electron chi connectivity index (χ2n) is 4.66. The molecule has 0 atom stereocenters. The molecule has 0 aliphatic rings. The van der Waals surface area contributed by atoms with E-state index in [9.17, 15) is 4.79 Å². The van der Waals surface area contributed by atoms with Crippen molar-refractivity contribution in [1.29, 1.82) is 0 Å². The van der Waals surface area contributed by atoms with Crippen LogP contribution in [0, 0.1) is 13.8 Å². The van der Waals surface area contributed by atoms with Gasteiger partial charge in [0.25, 0.3) is 0 Å². The maximum atomic E-state index is 12.6. The van der Waals surface area contributed by atoms with Crippen LogP contribution in [-0.2, 0) is 6.42 Å². The number of hydrogen-bond donors (Lipinski definition) is 0. The molecule has 0 aliphatic heterocycles. The number of carbonyl (C=O) groups excluding carboxylic acids is 1. The molecular formula is C17H18O. The van der Waals surface area contributed by atoms with E-state index in [1.54, 1.807) is 0 Å². The summed E-state index contributed by atoms with van der Waals surface area (Å²) >= 11 is 0. The molecule has 0 radical (unpaired) electrons. The molecule has 0 fully saturated rings. The molecule has 2 rings (SSSR count). The van der Waals surface area contributed by atoms with Crippen LogP contribution in [0.2, 0.25) is 0 Å². The highest BCUT2D eigenvalue weighted by atomic mass is 16.1. The molecule has 2 aromatic rings. The van der Waals surface area contributed by atoms with Gasteiger partial charge in [0.2, 0.25) is 0 Å². The average molecular weight is 238 g/mol. The van der Waals surface area contributed by atoms with Crippen molar-refractivity contribution in [3.63, 3.8) is 0 Å². The van der Waals surface area contributed by atoms with E-state index < -0.39 is 0 Å². The summed E-state index contributed by atoms with van der Waals surface area (Å²) < 4.78 is 0. The Kier molecular flexibility index (Phi) is 3.61. The first-order chi connectivity index (χ1) is 8.63. The van der Waals surface area contributed by atoms with Crippen molar-refractivity contribution in [3.05, 3.63) is 70.3 Å². The van der Waals surface area contributed by atoms with Crippen LogP contribution in [0.1, 0.15) is 39.5 Å². The average Bonchev–Trinajstić information content (AvgIpc) is 2.38. The van der Waals surface area contributed by atoms with Gasteiger partial charge in [-0.1, -0.05) is 55.0 Å². The van der Waals surface area contributed by atoms with E-state index in [1.807, 2.05) is 50.2 Å². The molecule has 1 heteroatoms. The summed E-state index contributed by atoms with van der Waals surface area (Å²) in [5.41, 5.74) is 4.98. The van der Waals surface area contributed by atoms with Crippen molar-refractivity contribution in [3.8, 4) is 0 Å². The second-order valence-corrected chi connectivity index (χ2v) is 4.66. The Hall–Kier alpha value is -1.89. The van der Waals surface area contributed by atoms with E-state index in [0.29, 0.717) is 0 Å². The molecule has 0 spiro atoms. The molecule has 0 heterocycles. The van der Waals surface area contributed by atoms with Crippen molar-refractivity contribution in [2.45, 2.75) is 27.2 Å². The summed E-state index contributed by atoms with van der Waals surface area (Å²) in [6, 6.07) is 13.8. The molecule has 0 aliphatic carbocycles. The lowest BCUT2D eigenvalue weighted by Gasteiger charge is -2.09. The number of ketones is 1. The lowest BCUT2D eigenvalue weighted by Crippen LogP contribution is -2.07. The number of benzene rings is 2. The van der Waals surface area contributed by atoms with Gasteiger partial charge in [-0.3, -0.25) is 4.79 Å².